The average Bonchev–Trinajstić information content (AvgIpc) is 3.32. The van der Waals surface area contributed by atoms with Gasteiger partial charge in [0.05, 0.1) is 12.0 Å². The van der Waals surface area contributed by atoms with Gasteiger partial charge in [-0.1, -0.05) is 0 Å². The monoisotopic (exact) mass is 536 g/mol. The van der Waals surface area contributed by atoms with Crippen LogP contribution in [0.15, 0.2) is 34.9 Å². The highest BCUT2D eigenvalue weighted by Crippen LogP contribution is 2.36. The third kappa shape index (κ3) is 5.86. The largest absolute Gasteiger partial charge is 0.476 e. The first-order valence-electron chi connectivity index (χ1n) is 13.2. The molecule has 2 aliphatic heterocycles. The molecule has 208 valence electrons. The molecular formula is C28H36N6O5. The Hall–Kier alpha value is -4.02. The van der Waals surface area contributed by atoms with Gasteiger partial charge in [-0.05, 0) is 71.6 Å². The summed E-state index contributed by atoms with van der Waals surface area (Å²) in [6.45, 7) is 11.3. The van der Waals surface area contributed by atoms with Crippen molar-refractivity contribution in [2.75, 3.05) is 42.2 Å². The van der Waals surface area contributed by atoms with E-state index in [4.69, 9.17) is 18.9 Å². The number of fused-ring (bicyclic) bond motifs is 2. The molecule has 0 atom stereocenters. The number of hydrogen-bond donors (Lipinski definition) is 2. The van der Waals surface area contributed by atoms with Crippen LogP contribution >= 0.6 is 0 Å². The predicted octanol–water partition coefficient (Wildman–Crippen LogP) is 5.16. The predicted molar refractivity (Wildman–Crippen MR) is 149 cm³/mol. The second-order valence-corrected chi connectivity index (χ2v) is 11.7. The summed E-state index contributed by atoms with van der Waals surface area (Å²) in [6, 6.07) is 7.30. The summed E-state index contributed by atoms with van der Waals surface area (Å²) in [6.07, 6.45) is 3.13. The number of nitrogens with one attached hydrogen (secondary N) is 2. The Bertz CT molecular complexity index is 1390. The zero-order valence-electron chi connectivity index (χ0n) is 23.3. The summed E-state index contributed by atoms with van der Waals surface area (Å²) in [5, 5.41) is 6.16. The van der Waals surface area contributed by atoms with Gasteiger partial charge in [-0.25, -0.2) is 9.78 Å². The molecule has 2 aliphatic rings. The van der Waals surface area contributed by atoms with Crippen LogP contribution in [-0.4, -0.2) is 64.8 Å². The number of piperidine rings is 1. The van der Waals surface area contributed by atoms with Crippen molar-refractivity contribution in [1.29, 1.82) is 0 Å². The van der Waals surface area contributed by atoms with Crippen LogP contribution in [0.4, 0.5) is 27.9 Å². The van der Waals surface area contributed by atoms with Gasteiger partial charge in [-0.3, -0.25) is 4.79 Å². The molecule has 0 unspecified atom stereocenters. The standard InChI is InChI=1S/C28H36N6O5/c1-27(2,3)39-26(36)33(6)16-17-9-12-34(13-10-17)23-22-19(11-14-37-22)31-25(32-23)29-18-7-8-21-20(15-18)30-24(35)28(4,5)38-21/h7-8,11,14-15,17H,9-10,12-13,16H2,1-6H3,(H,30,35)(H,29,31,32). The van der Waals surface area contributed by atoms with Crippen molar-refractivity contribution in [3.05, 3.63) is 30.5 Å². The van der Waals surface area contributed by atoms with Crippen molar-refractivity contribution in [3.8, 4) is 5.75 Å². The summed E-state index contributed by atoms with van der Waals surface area (Å²) >= 11 is 0. The van der Waals surface area contributed by atoms with Crippen LogP contribution in [0.5, 0.6) is 5.75 Å². The topological polar surface area (TPSA) is 122 Å². The van der Waals surface area contributed by atoms with E-state index in [0.29, 0.717) is 40.9 Å². The number of nitrogens with zero attached hydrogens (tertiary/aromatic N) is 4. The third-order valence-electron chi connectivity index (χ3n) is 6.83. The summed E-state index contributed by atoms with van der Waals surface area (Å²) in [7, 11) is 1.79. The maximum atomic E-state index is 12.4. The summed E-state index contributed by atoms with van der Waals surface area (Å²) < 4.78 is 17.1. The molecule has 0 saturated carbocycles. The van der Waals surface area contributed by atoms with E-state index >= 15 is 0 Å². The SMILES string of the molecule is CN(CC1CCN(c2nc(Nc3ccc4c(c3)NC(=O)C(C)(C)O4)nc3ccoc23)CC1)C(=O)OC(C)(C)C. The van der Waals surface area contributed by atoms with Gasteiger partial charge < -0.3 is 34.3 Å². The van der Waals surface area contributed by atoms with E-state index < -0.39 is 11.2 Å². The zero-order valence-corrected chi connectivity index (χ0v) is 23.3. The Morgan fingerprint density at radius 1 is 1.23 bits per heavy atom. The van der Waals surface area contributed by atoms with E-state index in [9.17, 15) is 9.59 Å². The highest BCUT2D eigenvalue weighted by atomic mass is 16.6. The first-order valence-corrected chi connectivity index (χ1v) is 13.2. The van der Waals surface area contributed by atoms with E-state index in [1.165, 1.54) is 0 Å². The van der Waals surface area contributed by atoms with Crippen LogP contribution in [0.1, 0.15) is 47.5 Å². The molecule has 5 rings (SSSR count). The van der Waals surface area contributed by atoms with E-state index in [1.807, 2.05) is 39.0 Å². The first-order chi connectivity index (χ1) is 18.4. The highest BCUT2D eigenvalue weighted by Gasteiger charge is 2.35. The number of anilines is 4. The van der Waals surface area contributed by atoms with Crippen LogP contribution in [0.3, 0.4) is 0 Å². The minimum absolute atomic E-state index is 0.203. The minimum atomic E-state index is -0.926. The Balaban J connectivity index is 1.28. The minimum Gasteiger partial charge on any atom is -0.476 e. The van der Waals surface area contributed by atoms with E-state index in [0.717, 1.165) is 37.4 Å². The molecule has 3 aromatic rings. The molecule has 2 N–H and O–H groups in total. The number of rotatable bonds is 5. The van der Waals surface area contributed by atoms with Gasteiger partial charge in [0.25, 0.3) is 5.91 Å². The molecule has 1 saturated heterocycles. The average molecular weight is 537 g/mol. The van der Waals surface area contributed by atoms with Gasteiger partial charge in [0.1, 0.15) is 16.9 Å². The molecule has 0 aliphatic carbocycles. The molecule has 2 amide bonds. The molecule has 0 spiro atoms. The quantitative estimate of drug-likeness (QED) is 0.455. The Morgan fingerprint density at radius 3 is 2.69 bits per heavy atom. The Morgan fingerprint density at radius 2 is 1.97 bits per heavy atom. The van der Waals surface area contributed by atoms with Gasteiger partial charge >= 0.3 is 6.09 Å². The lowest BCUT2D eigenvalue weighted by Crippen LogP contribution is -2.45. The number of benzene rings is 1. The molecule has 11 heteroatoms. The van der Waals surface area contributed by atoms with Crippen molar-refractivity contribution < 1.29 is 23.5 Å². The molecular weight excluding hydrogens is 500 g/mol. The van der Waals surface area contributed by atoms with Gasteiger partial charge in [0.15, 0.2) is 17.0 Å². The lowest BCUT2D eigenvalue weighted by Gasteiger charge is -2.35. The number of carbonyl (C=O) groups excluding carboxylic acids is 2. The maximum Gasteiger partial charge on any atom is 0.410 e. The fourth-order valence-electron chi connectivity index (χ4n) is 4.76. The Labute approximate surface area is 227 Å². The second kappa shape index (κ2) is 9.94. The molecule has 4 heterocycles. The second-order valence-electron chi connectivity index (χ2n) is 11.7. The van der Waals surface area contributed by atoms with Crippen molar-refractivity contribution >= 4 is 46.2 Å². The molecule has 39 heavy (non-hydrogen) atoms. The Kier molecular flexibility index (Phi) is 6.77. The molecule has 1 aromatic carbocycles. The smallest absolute Gasteiger partial charge is 0.410 e. The van der Waals surface area contributed by atoms with Crippen LogP contribution in [0.2, 0.25) is 0 Å². The number of hydrogen-bond acceptors (Lipinski definition) is 9. The molecule has 1 fully saturated rings. The summed E-state index contributed by atoms with van der Waals surface area (Å²) in [4.78, 5) is 38.0. The number of ether oxygens (including phenoxy) is 2. The number of furan rings is 1. The highest BCUT2D eigenvalue weighted by molar-refractivity contribution is 6.00. The fraction of sp³-hybridized carbons (Fsp3) is 0.500. The van der Waals surface area contributed by atoms with Gasteiger partial charge in [-0.2, -0.15) is 4.98 Å². The molecule has 2 aromatic heterocycles. The van der Waals surface area contributed by atoms with Gasteiger partial charge in [-0.15, -0.1) is 0 Å². The van der Waals surface area contributed by atoms with E-state index in [2.05, 4.69) is 20.5 Å². The van der Waals surface area contributed by atoms with Gasteiger partial charge in [0, 0.05) is 38.4 Å². The summed E-state index contributed by atoms with van der Waals surface area (Å²) in [5.41, 5.74) is 1.20. The van der Waals surface area contributed by atoms with Crippen LogP contribution in [0, 0.1) is 5.92 Å². The van der Waals surface area contributed by atoms with Crippen molar-refractivity contribution in [2.24, 2.45) is 5.92 Å². The zero-order chi connectivity index (χ0) is 27.9. The van der Waals surface area contributed by atoms with Crippen molar-refractivity contribution in [3.63, 3.8) is 0 Å². The van der Waals surface area contributed by atoms with Crippen LogP contribution in [-0.2, 0) is 9.53 Å². The summed E-state index contributed by atoms with van der Waals surface area (Å²) in [5.74, 6) is 1.92. The van der Waals surface area contributed by atoms with Crippen LogP contribution < -0.4 is 20.3 Å². The first kappa shape index (κ1) is 26.6. The molecule has 11 nitrogen and oxygen atoms in total. The number of amides is 2. The van der Waals surface area contributed by atoms with Crippen molar-refractivity contribution in [2.45, 2.75) is 58.7 Å². The molecule has 0 radical (unpaired) electrons. The van der Waals surface area contributed by atoms with E-state index in [-0.39, 0.29) is 12.0 Å². The van der Waals surface area contributed by atoms with Crippen LogP contribution in [0.25, 0.3) is 11.1 Å². The lowest BCUT2D eigenvalue weighted by atomic mass is 9.96. The number of aromatic nitrogens is 2. The normalized spacial score (nSPS) is 17.3. The van der Waals surface area contributed by atoms with Gasteiger partial charge in [0.2, 0.25) is 5.95 Å². The maximum absolute atomic E-state index is 12.4. The van der Waals surface area contributed by atoms with Crippen molar-refractivity contribution in [1.82, 2.24) is 14.9 Å². The third-order valence-corrected chi connectivity index (χ3v) is 6.83. The molecule has 0 bridgehead atoms. The lowest BCUT2D eigenvalue weighted by molar-refractivity contribution is -0.129. The van der Waals surface area contributed by atoms with E-state index in [1.54, 1.807) is 38.1 Å². The fourth-order valence-corrected chi connectivity index (χ4v) is 4.76. The number of carbonyl (C=O) groups is 2.